The summed E-state index contributed by atoms with van der Waals surface area (Å²) >= 11 is 21.2. The average molecular weight is 1020 g/mol. The van der Waals surface area contributed by atoms with E-state index >= 15 is 0 Å². The average Bonchev–Trinajstić information content (AvgIpc) is 3.19. The molecule has 0 unspecified atom stereocenters. The molecule has 0 amide bonds. The van der Waals surface area contributed by atoms with Gasteiger partial charge in [-0.1, -0.05) is 267 Å². The van der Waals surface area contributed by atoms with E-state index in [1.54, 1.807) is 0 Å². The van der Waals surface area contributed by atoms with E-state index in [1.165, 1.54) is 257 Å². The van der Waals surface area contributed by atoms with E-state index in [1.807, 2.05) is 0 Å². The van der Waals surface area contributed by atoms with E-state index in [-0.39, 0.29) is 48.1 Å². The van der Waals surface area contributed by atoms with Gasteiger partial charge >= 0.3 is 21.1 Å². The smallest absolute Gasteiger partial charge is 2.00 e. The Kier molecular flexibility index (Phi) is 72.8. The van der Waals surface area contributed by atoms with Gasteiger partial charge in [-0.3, -0.25) is 0 Å². The SMILES string of the molecule is CCCCCCCCCCCCN(CCCCCCCCCCCC)C(=S)[S-].CCCCCCCCCCCCN(CCCCCCCCCCCC)C(=S)[S-].[Mo+6].[S-2].[S-2]. The number of thiocarbonyl (C=S) groups is 2. The maximum Gasteiger partial charge on any atom is 6.00 e. The summed E-state index contributed by atoms with van der Waals surface area (Å²) < 4.78 is 1.37. The molecular weight excluding hydrogens is 917 g/mol. The molecule has 0 radical (unpaired) electrons. The van der Waals surface area contributed by atoms with Gasteiger partial charge in [-0.2, -0.15) is 0 Å². The molecule has 0 atom stereocenters. The summed E-state index contributed by atoms with van der Waals surface area (Å²) in [7, 11) is 0. The zero-order valence-corrected chi connectivity index (χ0v) is 46.8. The third-order valence-electron chi connectivity index (χ3n) is 11.6. The molecule has 0 spiro atoms. The van der Waals surface area contributed by atoms with E-state index in [0.717, 1.165) is 26.2 Å². The van der Waals surface area contributed by atoms with E-state index < -0.39 is 0 Å². The summed E-state index contributed by atoms with van der Waals surface area (Å²) in [6.07, 6.45) is 55.4. The van der Waals surface area contributed by atoms with Crippen molar-refractivity contribution in [2.75, 3.05) is 26.2 Å². The van der Waals surface area contributed by atoms with Crippen molar-refractivity contribution in [3.8, 4) is 0 Å². The quantitative estimate of drug-likeness (QED) is 0.0258. The maximum atomic E-state index is 5.30. The molecule has 0 aliphatic carbocycles. The van der Waals surface area contributed by atoms with Crippen molar-refractivity contribution in [3.63, 3.8) is 0 Å². The summed E-state index contributed by atoms with van der Waals surface area (Å²) in [6, 6.07) is 0. The molecule has 0 saturated heterocycles. The van der Waals surface area contributed by atoms with Crippen LogP contribution in [0.15, 0.2) is 0 Å². The van der Waals surface area contributed by atoms with Gasteiger partial charge in [0.15, 0.2) is 0 Å². The molecule has 9 heteroatoms. The maximum absolute atomic E-state index is 5.30. The van der Waals surface area contributed by atoms with Gasteiger partial charge in [-0.05, 0) is 25.7 Å². The largest absolute Gasteiger partial charge is 6.00 e. The van der Waals surface area contributed by atoms with Crippen LogP contribution in [0.3, 0.4) is 0 Å². The molecule has 0 bridgehead atoms. The van der Waals surface area contributed by atoms with E-state index in [0.29, 0.717) is 8.64 Å². The van der Waals surface area contributed by atoms with Crippen LogP contribution in [0.25, 0.3) is 0 Å². The van der Waals surface area contributed by atoms with Crippen LogP contribution in [0.5, 0.6) is 0 Å². The first-order valence-electron chi connectivity index (χ1n) is 25.4. The first kappa shape index (κ1) is 69.6. The van der Waals surface area contributed by atoms with Crippen molar-refractivity contribution >= 4 is 85.3 Å². The molecule has 59 heavy (non-hydrogen) atoms. The minimum atomic E-state index is 0. The minimum absolute atomic E-state index is 0. The summed E-state index contributed by atoms with van der Waals surface area (Å²) in [5.41, 5.74) is 0. The first-order chi connectivity index (χ1) is 27.4. The van der Waals surface area contributed by atoms with Crippen molar-refractivity contribution in [2.24, 2.45) is 0 Å². The Labute approximate surface area is 423 Å². The fraction of sp³-hybridized carbons (Fsp3) is 0.960. The molecule has 0 aromatic heterocycles. The van der Waals surface area contributed by atoms with Crippen LogP contribution in [-0.4, -0.2) is 44.6 Å². The first-order valence-corrected chi connectivity index (χ1v) is 27.0. The van der Waals surface area contributed by atoms with Crippen LogP contribution in [0, 0.1) is 0 Å². The van der Waals surface area contributed by atoms with Crippen LogP contribution >= 0.6 is 24.4 Å². The van der Waals surface area contributed by atoms with Crippen molar-refractivity contribution in [2.45, 2.75) is 285 Å². The normalized spacial score (nSPS) is 10.5. The van der Waals surface area contributed by atoms with E-state index in [4.69, 9.17) is 49.7 Å². The Morgan fingerprint density at radius 3 is 0.508 bits per heavy atom. The van der Waals surface area contributed by atoms with Gasteiger partial charge in [0.1, 0.15) is 0 Å². The number of nitrogens with zero attached hydrogens (tertiary/aromatic N) is 2. The summed E-state index contributed by atoms with van der Waals surface area (Å²) in [5, 5.41) is 0. The molecule has 0 aliphatic heterocycles. The monoisotopic (exact) mass is 1020 g/mol. The van der Waals surface area contributed by atoms with Gasteiger partial charge in [0, 0.05) is 26.2 Å². The molecule has 0 heterocycles. The zero-order valence-electron chi connectivity index (χ0n) is 39.9. The molecule has 0 N–H and O–H groups in total. The Balaban J connectivity index is -0.000000314. The number of unbranched alkanes of at least 4 members (excludes halogenated alkanes) is 36. The predicted molar refractivity (Wildman–Crippen MR) is 285 cm³/mol. The molecule has 0 rings (SSSR count). The summed E-state index contributed by atoms with van der Waals surface area (Å²) in [6.45, 7) is 13.5. The second-order valence-electron chi connectivity index (χ2n) is 17.2. The van der Waals surface area contributed by atoms with Gasteiger partial charge in [0.2, 0.25) is 0 Å². The van der Waals surface area contributed by atoms with Crippen molar-refractivity contribution < 1.29 is 21.1 Å². The van der Waals surface area contributed by atoms with Crippen molar-refractivity contribution in [3.05, 3.63) is 0 Å². The van der Waals surface area contributed by atoms with Crippen LogP contribution < -0.4 is 0 Å². The third kappa shape index (κ3) is 59.6. The number of rotatable bonds is 44. The van der Waals surface area contributed by atoms with Gasteiger partial charge in [-0.25, -0.2) is 0 Å². The molecule has 0 fully saturated rings. The van der Waals surface area contributed by atoms with E-state index in [2.05, 4.69) is 37.5 Å². The second-order valence-corrected chi connectivity index (χ2v) is 19.3. The van der Waals surface area contributed by atoms with Crippen molar-refractivity contribution in [1.82, 2.24) is 9.80 Å². The van der Waals surface area contributed by atoms with Crippen LogP contribution in [-0.2, 0) is 73.3 Å². The fourth-order valence-electron chi connectivity index (χ4n) is 7.75. The molecular formula is C50H100MoN2S6. The Morgan fingerprint density at radius 2 is 0.390 bits per heavy atom. The van der Waals surface area contributed by atoms with Crippen LogP contribution in [0.1, 0.15) is 285 Å². The minimum Gasteiger partial charge on any atom is -2.00 e. The molecule has 0 aliphatic rings. The fourth-order valence-corrected chi connectivity index (χ4v) is 8.48. The zero-order chi connectivity index (χ0) is 41.4. The predicted octanol–water partition coefficient (Wildman–Crippen LogP) is 17.9. The van der Waals surface area contributed by atoms with E-state index in [9.17, 15) is 0 Å². The van der Waals surface area contributed by atoms with Gasteiger partial charge < -0.3 is 86.5 Å². The van der Waals surface area contributed by atoms with Gasteiger partial charge in [0.25, 0.3) is 0 Å². The van der Waals surface area contributed by atoms with Gasteiger partial charge in [0.05, 0.1) is 0 Å². The molecule has 0 aromatic carbocycles. The topological polar surface area (TPSA) is 6.48 Å². The number of hydrogen-bond acceptors (Lipinski definition) is 4. The van der Waals surface area contributed by atoms with Crippen molar-refractivity contribution in [1.29, 1.82) is 0 Å². The Hall–Kier alpha value is 1.61. The second kappa shape index (κ2) is 61.7. The Morgan fingerprint density at radius 1 is 0.271 bits per heavy atom. The summed E-state index contributed by atoms with van der Waals surface area (Å²) in [4.78, 5) is 4.56. The number of hydrogen-bond donors (Lipinski definition) is 0. The van der Waals surface area contributed by atoms with Gasteiger partial charge in [-0.15, -0.1) is 0 Å². The summed E-state index contributed by atoms with van der Waals surface area (Å²) in [5.74, 6) is 0. The molecule has 352 valence electrons. The molecule has 0 aromatic rings. The molecule has 2 nitrogen and oxygen atoms in total. The molecule has 0 saturated carbocycles. The Bertz CT molecular complexity index is 668. The third-order valence-corrected chi connectivity index (χ3v) is 12.7. The van der Waals surface area contributed by atoms with Crippen LogP contribution in [0.4, 0.5) is 0 Å². The van der Waals surface area contributed by atoms with Crippen LogP contribution in [0.2, 0.25) is 0 Å². The standard InChI is InChI=1S/2C25H51NS2.Mo.2S/c2*1-3-5-7-9-11-13-15-17-19-21-23-26(25(27)28)24-22-20-18-16-14-12-10-8-6-4-2;;;/h2*3-24H2,1-2H3,(H,27,28);;;/q;;+6;2*-2/p-2.